The van der Waals surface area contributed by atoms with Gasteiger partial charge in [-0.25, -0.2) is 12.7 Å². The highest BCUT2D eigenvalue weighted by atomic mass is 35.5. The number of nitrogens with one attached hydrogen (secondary N) is 1. The molecule has 6 nitrogen and oxygen atoms in total. The minimum Gasteiger partial charge on any atom is -0.406 e. The molecule has 1 N–H and O–H groups in total. The van der Waals surface area contributed by atoms with Crippen molar-refractivity contribution in [3.63, 3.8) is 0 Å². The summed E-state index contributed by atoms with van der Waals surface area (Å²) in [5.41, 5.74) is 0.682. The van der Waals surface area contributed by atoms with Gasteiger partial charge in [0.05, 0.1) is 11.7 Å². The number of anilines is 1. The summed E-state index contributed by atoms with van der Waals surface area (Å²) < 4.78 is 67.5. The highest BCUT2D eigenvalue weighted by Gasteiger charge is 2.33. The van der Waals surface area contributed by atoms with Gasteiger partial charge in [0.15, 0.2) is 0 Å². The van der Waals surface area contributed by atoms with E-state index < -0.39 is 34.0 Å². The molecule has 1 aliphatic heterocycles. The number of piperidine rings is 1. The number of hydrogen-bond acceptors (Lipinski definition) is 4. The van der Waals surface area contributed by atoms with Crippen LogP contribution in [0.25, 0.3) is 0 Å². The van der Waals surface area contributed by atoms with E-state index in [1.165, 1.54) is 22.5 Å². The van der Waals surface area contributed by atoms with Crippen LogP contribution in [0.4, 0.5) is 18.9 Å². The fourth-order valence-corrected chi connectivity index (χ4v) is 5.52. The third-order valence-electron chi connectivity index (χ3n) is 4.86. The second-order valence-electron chi connectivity index (χ2n) is 7.25. The highest BCUT2D eigenvalue weighted by Crippen LogP contribution is 2.28. The maximum Gasteiger partial charge on any atom is 0.573 e. The summed E-state index contributed by atoms with van der Waals surface area (Å²) in [6.45, 7) is 0.273. The van der Waals surface area contributed by atoms with E-state index in [2.05, 4.69) is 10.1 Å². The maximum absolute atomic E-state index is 12.9. The summed E-state index contributed by atoms with van der Waals surface area (Å²) in [5, 5.41) is 3.24. The van der Waals surface area contributed by atoms with Gasteiger partial charge in [-0.3, -0.25) is 4.79 Å². The summed E-state index contributed by atoms with van der Waals surface area (Å²) in [5.74, 6) is -1.76. The Labute approximate surface area is 193 Å². The Hall–Kier alpha value is -2.01. The molecular weight excluding hydrogens is 492 g/mol. The van der Waals surface area contributed by atoms with Gasteiger partial charge in [-0.05, 0) is 54.8 Å². The third-order valence-corrected chi connectivity index (χ3v) is 7.24. The second-order valence-corrected chi connectivity index (χ2v) is 10.1. The molecule has 1 saturated heterocycles. The molecule has 1 atom stereocenters. The van der Waals surface area contributed by atoms with E-state index in [4.69, 9.17) is 23.2 Å². The minimum absolute atomic E-state index is 0.00531. The van der Waals surface area contributed by atoms with Gasteiger partial charge in [-0.15, -0.1) is 13.2 Å². The van der Waals surface area contributed by atoms with Gasteiger partial charge in [0.2, 0.25) is 15.9 Å². The van der Waals surface area contributed by atoms with Crippen LogP contribution in [0.2, 0.25) is 10.0 Å². The fraction of sp³-hybridized carbons (Fsp3) is 0.350. The molecule has 0 radical (unpaired) electrons. The number of rotatable bonds is 6. The molecule has 0 unspecified atom stereocenters. The summed E-state index contributed by atoms with van der Waals surface area (Å²) in [6, 6.07) is 9.27. The smallest absolute Gasteiger partial charge is 0.406 e. The molecule has 3 rings (SSSR count). The van der Waals surface area contributed by atoms with Gasteiger partial charge in [0.25, 0.3) is 0 Å². The van der Waals surface area contributed by atoms with Crippen molar-refractivity contribution < 1.29 is 31.1 Å². The lowest BCUT2D eigenvalue weighted by Crippen LogP contribution is -2.44. The molecule has 0 spiro atoms. The molecule has 1 amide bonds. The zero-order valence-corrected chi connectivity index (χ0v) is 18.9. The predicted octanol–water partition coefficient (Wildman–Crippen LogP) is 5.07. The molecule has 0 saturated carbocycles. The van der Waals surface area contributed by atoms with Crippen LogP contribution in [0.15, 0.2) is 42.5 Å². The molecule has 2 aromatic carbocycles. The Morgan fingerprint density at radius 2 is 1.84 bits per heavy atom. The Balaban J connectivity index is 1.62. The van der Waals surface area contributed by atoms with Gasteiger partial charge in [-0.2, -0.15) is 0 Å². The monoisotopic (exact) mass is 510 g/mol. The standard InChI is InChI=1S/C20H19Cl2F3N2O4S/c21-15-4-3-14(18(22)10-15)12-32(29,30)27-9-1-2-13(11-27)19(28)26-16-5-7-17(8-6-16)31-20(23,24)25/h3-8,10,13H,1-2,9,11-12H2,(H,26,28)/t13-/m1/s1. The van der Waals surface area contributed by atoms with E-state index in [9.17, 15) is 26.4 Å². The van der Waals surface area contributed by atoms with Crippen molar-refractivity contribution in [2.24, 2.45) is 5.92 Å². The molecule has 1 fully saturated rings. The molecule has 1 heterocycles. The first-order valence-electron chi connectivity index (χ1n) is 9.51. The van der Waals surface area contributed by atoms with Crippen LogP contribution >= 0.6 is 23.2 Å². The van der Waals surface area contributed by atoms with Gasteiger partial charge in [-0.1, -0.05) is 29.3 Å². The normalized spacial score (nSPS) is 17.7. The number of nitrogens with zero attached hydrogens (tertiary/aromatic N) is 1. The summed E-state index contributed by atoms with van der Waals surface area (Å²) in [4.78, 5) is 12.6. The Bertz CT molecular complexity index is 1080. The van der Waals surface area contributed by atoms with Crippen LogP contribution in [0.5, 0.6) is 5.75 Å². The average molecular weight is 511 g/mol. The Morgan fingerprint density at radius 1 is 1.16 bits per heavy atom. The van der Waals surface area contributed by atoms with Crippen molar-refractivity contribution >= 4 is 44.8 Å². The number of alkyl halides is 3. The van der Waals surface area contributed by atoms with E-state index in [1.807, 2.05) is 0 Å². The largest absolute Gasteiger partial charge is 0.573 e. The molecule has 0 bridgehead atoms. The van der Waals surface area contributed by atoms with Crippen LogP contribution in [0, 0.1) is 5.92 Å². The van der Waals surface area contributed by atoms with Crippen LogP contribution < -0.4 is 10.1 Å². The van der Waals surface area contributed by atoms with Crippen molar-refractivity contribution in [1.29, 1.82) is 0 Å². The number of benzene rings is 2. The molecule has 1 aliphatic rings. The highest BCUT2D eigenvalue weighted by molar-refractivity contribution is 7.88. The van der Waals surface area contributed by atoms with E-state index in [0.717, 1.165) is 12.1 Å². The van der Waals surface area contributed by atoms with E-state index in [1.54, 1.807) is 12.1 Å². The summed E-state index contributed by atoms with van der Waals surface area (Å²) >= 11 is 11.9. The predicted molar refractivity (Wildman–Crippen MR) is 115 cm³/mol. The topological polar surface area (TPSA) is 75.7 Å². The first kappa shape index (κ1) is 24.6. The number of carbonyl (C=O) groups is 1. The SMILES string of the molecule is O=C(Nc1ccc(OC(F)(F)F)cc1)[C@@H]1CCCN(S(=O)(=O)Cc2ccc(Cl)cc2Cl)C1. The van der Waals surface area contributed by atoms with Gasteiger partial charge < -0.3 is 10.1 Å². The van der Waals surface area contributed by atoms with Crippen molar-refractivity contribution in [2.45, 2.75) is 25.0 Å². The lowest BCUT2D eigenvalue weighted by atomic mass is 9.99. The fourth-order valence-electron chi connectivity index (χ4n) is 3.32. The van der Waals surface area contributed by atoms with Gasteiger partial charge >= 0.3 is 6.36 Å². The Morgan fingerprint density at radius 3 is 2.47 bits per heavy atom. The number of amides is 1. The van der Waals surface area contributed by atoms with Crippen LogP contribution in [-0.2, 0) is 20.6 Å². The zero-order valence-electron chi connectivity index (χ0n) is 16.5. The van der Waals surface area contributed by atoms with Gasteiger partial charge in [0.1, 0.15) is 5.75 Å². The third kappa shape index (κ3) is 6.74. The lowest BCUT2D eigenvalue weighted by molar-refractivity contribution is -0.274. The van der Waals surface area contributed by atoms with Gasteiger partial charge in [0, 0.05) is 28.8 Å². The first-order chi connectivity index (χ1) is 14.9. The quantitative estimate of drug-likeness (QED) is 0.588. The summed E-state index contributed by atoms with van der Waals surface area (Å²) in [6.07, 6.45) is -3.84. The minimum atomic E-state index is -4.81. The number of sulfonamides is 1. The molecule has 174 valence electrons. The van der Waals surface area contributed by atoms with Crippen LogP contribution in [-0.4, -0.2) is 38.1 Å². The molecular formula is C20H19Cl2F3N2O4S. The number of ether oxygens (including phenoxy) is 1. The van der Waals surface area contributed by atoms with Crippen LogP contribution in [0.1, 0.15) is 18.4 Å². The van der Waals surface area contributed by atoms with Crippen LogP contribution in [0.3, 0.4) is 0 Å². The number of hydrogen-bond donors (Lipinski definition) is 1. The van der Waals surface area contributed by atoms with Crippen molar-refractivity contribution in [1.82, 2.24) is 4.31 Å². The van der Waals surface area contributed by atoms with E-state index in [-0.39, 0.29) is 29.6 Å². The number of halogens is 5. The molecule has 2 aromatic rings. The second kappa shape index (κ2) is 9.86. The molecule has 0 aliphatic carbocycles. The zero-order chi connectivity index (χ0) is 23.5. The molecule has 12 heteroatoms. The summed E-state index contributed by atoms with van der Waals surface area (Å²) in [7, 11) is -3.73. The van der Waals surface area contributed by atoms with Crippen molar-refractivity contribution in [3.8, 4) is 5.75 Å². The molecule has 0 aromatic heterocycles. The van der Waals surface area contributed by atoms with E-state index >= 15 is 0 Å². The lowest BCUT2D eigenvalue weighted by Gasteiger charge is -2.31. The molecule has 32 heavy (non-hydrogen) atoms. The average Bonchev–Trinajstić information content (AvgIpc) is 2.70. The number of carbonyl (C=O) groups excluding carboxylic acids is 1. The van der Waals surface area contributed by atoms with Crippen molar-refractivity contribution in [3.05, 3.63) is 58.1 Å². The first-order valence-corrected chi connectivity index (χ1v) is 11.9. The van der Waals surface area contributed by atoms with Crippen molar-refractivity contribution in [2.75, 3.05) is 18.4 Å². The van der Waals surface area contributed by atoms with E-state index in [0.29, 0.717) is 23.4 Å². The Kier molecular flexibility index (Phi) is 7.59. The maximum atomic E-state index is 12.9.